The molecule has 0 N–H and O–H groups in total. The quantitative estimate of drug-likeness (QED) is 0.403. The average molecular weight is 577 g/mol. The zero-order valence-electron chi connectivity index (χ0n) is 23.3. The van der Waals surface area contributed by atoms with E-state index in [4.69, 9.17) is 4.74 Å². The molecule has 0 unspecified atom stereocenters. The second-order valence-electron chi connectivity index (χ2n) is 10.9. The van der Waals surface area contributed by atoms with E-state index < -0.39 is 10.0 Å². The van der Waals surface area contributed by atoms with Gasteiger partial charge in [0.05, 0.1) is 18.6 Å². The molecule has 0 spiro atoms. The largest absolute Gasteiger partial charge is 0.497 e. The van der Waals surface area contributed by atoms with Crippen LogP contribution in [-0.4, -0.2) is 109 Å². The highest BCUT2D eigenvalue weighted by molar-refractivity contribution is 7.89. The van der Waals surface area contributed by atoms with Gasteiger partial charge in [-0.05, 0) is 95.4 Å². The third-order valence-electron chi connectivity index (χ3n) is 7.94. The zero-order chi connectivity index (χ0) is 27.6. The summed E-state index contributed by atoms with van der Waals surface area (Å²) in [6.07, 6.45) is 5.46. The SMILES string of the molecule is COc1cc(C)c(S(=O)(=O)N(Cc2nnc(C(=O)N3CCN(CCCN4CCCC4)CC3)s2)C2CC2)c(C)c1. The van der Waals surface area contributed by atoms with Gasteiger partial charge in [0.2, 0.25) is 15.0 Å². The standard InChI is InChI=1S/C27H40N6O4S2/c1-20-17-23(37-3)18-21(2)25(20)39(35,36)33(22-7-8-22)19-24-28-29-26(38-24)27(34)32-15-13-31(14-16-32)12-6-11-30-9-4-5-10-30/h17-18,22H,4-16,19H2,1-3H3. The van der Waals surface area contributed by atoms with E-state index in [1.54, 1.807) is 33.1 Å². The second-order valence-corrected chi connectivity index (χ2v) is 13.8. The van der Waals surface area contributed by atoms with Gasteiger partial charge < -0.3 is 14.5 Å². The third-order valence-corrected chi connectivity index (χ3v) is 11.0. The molecule has 3 heterocycles. The molecule has 3 fully saturated rings. The molecular weight excluding hydrogens is 536 g/mol. The lowest BCUT2D eigenvalue weighted by molar-refractivity contribution is 0.0631. The second kappa shape index (κ2) is 12.2. The molecular formula is C27H40N6O4S2. The first-order chi connectivity index (χ1) is 18.8. The first-order valence-electron chi connectivity index (χ1n) is 14.0. The molecule has 0 radical (unpaired) electrons. The number of amides is 1. The molecule has 1 amide bonds. The Kier molecular flexibility index (Phi) is 8.87. The molecule has 1 aromatic heterocycles. The number of carbonyl (C=O) groups excluding carboxylic acids is 1. The van der Waals surface area contributed by atoms with Crippen LogP contribution in [0.5, 0.6) is 5.75 Å². The van der Waals surface area contributed by atoms with Gasteiger partial charge in [0.1, 0.15) is 10.8 Å². The van der Waals surface area contributed by atoms with Crippen LogP contribution in [0.25, 0.3) is 0 Å². The number of aromatic nitrogens is 2. The zero-order valence-corrected chi connectivity index (χ0v) is 24.9. The highest BCUT2D eigenvalue weighted by Gasteiger charge is 2.40. The van der Waals surface area contributed by atoms with E-state index in [1.807, 2.05) is 4.90 Å². The van der Waals surface area contributed by atoms with Crippen molar-refractivity contribution in [3.8, 4) is 5.75 Å². The van der Waals surface area contributed by atoms with Crippen molar-refractivity contribution >= 4 is 27.3 Å². The van der Waals surface area contributed by atoms with Gasteiger partial charge in [-0.3, -0.25) is 9.69 Å². The molecule has 0 atom stereocenters. The van der Waals surface area contributed by atoms with Crippen LogP contribution in [0.4, 0.5) is 0 Å². The van der Waals surface area contributed by atoms with Crippen molar-refractivity contribution in [2.24, 2.45) is 0 Å². The molecule has 1 aromatic carbocycles. The Bertz CT molecular complexity index is 1240. The number of sulfonamides is 1. The summed E-state index contributed by atoms with van der Waals surface area (Å²) >= 11 is 1.20. The fourth-order valence-corrected chi connectivity index (χ4v) is 8.65. The van der Waals surface area contributed by atoms with Gasteiger partial charge in [-0.1, -0.05) is 11.3 Å². The number of ether oxygens (including phenoxy) is 1. The number of rotatable bonds is 11. The summed E-state index contributed by atoms with van der Waals surface area (Å²) in [6.45, 7) is 11.5. The number of likely N-dealkylation sites (tertiary alicyclic amines) is 1. The molecule has 12 heteroatoms. The van der Waals surface area contributed by atoms with Gasteiger partial charge in [0.25, 0.3) is 5.91 Å². The summed E-state index contributed by atoms with van der Waals surface area (Å²) in [7, 11) is -2.19. The van der Waals surface area contributed by atoms with E-state index in [-0.39, 0.29) is 18.5 Å². The van der Waals surface area contributed by atoms with Gasteiger partial charge in [0.15, 0.2) is 0 Å². The Hall–Kier alpha value is -2.12. The Morgan fingerprint density at radius 3 is 2.21 bits per heavy atom. The van der Waals surface area contributed by atoms with Crippen molar-refractivity contribution in [3.63, 3.8) is 0 Å². The predicted molar refractivity (Wildman–Crippen MR) is 151 cm³/mol. The monoisotopic (exact) mass is 576 g/mol. The minimum atomic E-state index is -3.76. The summed E-state index contributed by atoms with van der Waals surface area (Å²) in [5.41, 5.74) is 1.31. The van der Waals surface area contributed by atoms with Crippen molar-refractivity contribution in [2.75, 3.05) is 59.5 Å². The van der Waals surface area contributed by atoms with Crippen LogP contribution in [0, 0.1) is 13.8 Å². The molecule has 2 saturated heterocycles. The lowest BCUT2D eigenvalue weighted by Crippen LogP contribution is -2.49. The average Bonchev–Trinajstić information content (AvgIpc) is 3.40. The van der Waals surface area contributed by atoms with Crippen molar-refractivity contribution < 1.29 is 17.9 Å². The molecule has 0 bridgehead atoms. The van der Waals surface area contributed by atoms with Crippen molar-refractivity contribution in [3.05, 3.63) is 33.3 Å². The summed E-state index contributed by atoms with van der Waals surface area (Å²) in [5.74, 6) is 0.523. The maximum atomic E-state index is 13.8. The van der Waals surface area contributed by atoms with Crippen LogP contribution < -0.4 is 4.74 Å². The first-order valence-corrected chi connectivity index (χ1v) is 16.3. The minimum absolute atomic E-state index is 0.0579. The highest BCUT2D eigenvalue weighted by Crippen LogP contribution is 2.37. The number of hydrogen-bond donors (Lipinski definition) is 0. The van der Waals surface area contributed by atoms with Crippen LogP contribution in [0.15, 0.2) is 17.0 Å². The molecule has 1 aliphatic carbocycles. The molecule has 10 nitrogen and oxygen atoms in total. The van der Waals surface area contributed by atoms with Gasteiger partial charge >= 0.3 is 0 Å². The van der Waals surface area contributed by atoms with E-state index >= 15 is 0 Å². The summed E-state index contributed by atoms with van der Waals surface area (Å²) in [4.78, 5) is 20.3. The number of nitrogens with zero attached hydrogens (tertiary/aromatic N) is 6. The lowest BCUT2D eigenvalue weighted by atomic mass is 10.1. The molecule has 1 saturated carbocycles. The van der Waals surface area contributed by atoms with Crippen LogP contribution in [0.1, 0.15) is 58.0 Å². The number of aryl methyl sites for hydroxylation is 2. The molecule has 5 rings (SSSR count). The van der Waals surface area contributed by atoms with Crippen molar-refractivity contribution in [1.29, 1.82) is 0 Å². The van der Waals surface area contributed by atoms with Crippen LogP contribution in [0.2, 0.25) is 0 Å². The number of methoxy groups -OCH3 is 1. The van der Waals surface area contributed by atoms with E-state index in [1.165, 1.54) is 48.0 Å². The number of piperazine rings is 1. The fourth-order valence-electron chi connectivity index (χ4n) is 5.70. The fraction of sp³-hybridized carbons (Fsp3) is 0.667. The number of benzene rings is 1. The van der Waals surface area contributed by atoms with Crippen molar-refractivity contribution in [2.45, 2.75) is 63.4 Å². The van der Waals surface area contributed by atoms with Gasteiger partial charge in [0, 0.05) is 32.2 Å². The summed E-state index contributed by atoms with van der Waals surface area (Å²) in [5, 5.41) is 9.28. The Labute approximate surface area is 236 Å². The van der Waals surface area contributed by atoms with Gasteiger partial charge in [-0.2, -0.15) is 4.31 Å². The molecule has 3 aliphatic rings. The van der Waals surface area contributed by atoms with E-state index in [9.17, 15) is 13.2 Å². The molecule has 2 aromatic rings. The number of hydrogen-bond acceptors (Lipinski definition) is 9. The third kappa shape index (κ3) is 6.62. The Morgan fingerprint density at radius 2 is 1.62 bits per heavy atom. The van der Waals surface area contributed by atoms with Crippen LogP contribution >= 0.6 is 11.3 Å². The van der Waals surface area contributed by atoms with E-state index in [0.29, 0.717) is 44.9 Å². The topological polar surface area (TPSA) is 99.2 Å². The van der Waals surface area contributed by atoms with Gasteiger partial charge in [-0.25, -0.2) is 8.42 Å². The lowest BCUT2D eigenvalue weighted by Gasteiger charge is -2.34. The van der Waals surface area contributed by atoms with Crippen LogP contribution in [0.3, 0.4) is 0 Å². The first kappa shape index (κ1) is 28.4. The Morgan fingerprint density at radius 1 is 1.00 bits per heavy atom. The number of carbonyl (C=O) groups is 1. The minimum Gasteiger partial charge on any atom is -0.497 e. The maximum Gasteiger partial charge on any atom is 0.284 e. The molecule has 214 valence electrons. The van der Waals surface area contributed by atoms with E-state index in [2.05, 4.69) is 20.0 Å². The summed E-state index contributed by atoms with van der Waals surface area (Å²) in [6, 6.07) is 3.44. The van der Waals surface area contributed by atoms with Crippen LogP contribution in [-0.2, 0) is 16.6 Å². The van der Waals surface area contributed by atoms with E-state index in [0.717, 1.165) is 39.0 Å². The Balaban J connectivity index is 1.19. The normalized spacial score (nSPS) is 19.2. The maximum absolute atomic E-state index is 13.8. The summed E-state index contributed by atoms with van der Waals surface area (Å²) < 4.78 is 34.4. The highest BCUT2D eigenvalue weighted by atomic mass is 32.2. The van der Waals surface area contributed by atoms with Gasteiger partial charge in [-0.15, -0.1) is 10.2 Å². The molecule has 2 aliphatic heterocycles. The van der Waals surface area contributed by atoms with Crippen molar-refractivity contribution in [1.82, 2.24) is 29.2 Å². The smallest absolute Gasteiger partial charge is 0.284 e. The predicted octanol–water partition coefficient (Wildman–Crippen LogP) is 2.76. The molecule has 39 heavy (non-hydrogen) atoms.